The summed E-state index contributed by atoms with van der Waals surface area (Å²) in [5, 5.41) is 8.89. The highest BCUT2D eigenvalue weighted by Crippen LogP contribution is 2.22. The molecule has 0 amide bonds. The van der Waals surface area contributed by atoms with Crippen LogP contribution in [0.25, 0.3) is 0 Å². The van der Waals surface area contributed by atoms with Gasteiger partial charge in [0.25, 0.3) is 0 Å². The van der Waals surface area contributed by atoms with Gasteiger partial charge in [0.1, 0.15) is 23.5 Å². The SMILES string of the molecule is CC(=O)[O-].CC(C)(Cc1ccccc1)n1cc[n+](C(C)(C)Cc2ccccc2)c1. The van der Waals surface area contributed by atoms with Crippen LogP contribution in [0.4, 0.5) is 0 Å². The second-order valence-corrected chi connectivity index (χ2v) is 8.67. The minimum Gasteiger partial charge on any atom is -0.550 e. The van der Waals surface area contributed by atoms with Crippen LogP contribution < -0.4 is 9.67 Å². The van der Waals surface area contributed by atoms with E-state index in [4.69, 9.17) is 9.90 Å². The molecule has 4 heteroatoms. The quantitative estimate of drug-likeness (QED) is 0.603. The summed E-state index contributed by atoms with van der Waals surface area (Å²) in [6.07, 6.45) is 8.69. The fourth-order valence-electron chi connectivity index (χ4n) is 3.44. The molecule has 1 heterocycles. The van der Waals surface area contributed by atoms with Crippen molar-refractivity contribution >= 4 is 5.97 Å². The normalized spacial score (nSPS) is 11.5. The van der Waals surface area contributed by atoms with Crippen molar-refractivity contribution < 1.29 is 14.5 Å². The highest BCUT2D eigenvalue weighted by Gasteiger charge is 2.31. The van der Waals surface area contributed by atoms with Gasteiger partial charge in [-0.3, -0.25) is 0 Å². The Morgan fingerprint density at radius 2 is 1.34 bits per heavy atom. The van der Waals surface area contributed by atoms with E-state index in [2.05, 4.69) is 116 Å². The molecule has 0 aliphatic rings. The summed E-state index contributed by atoms with van der Waals surface area (Å²) in [4.78, 5) is 8.89. The zero-order chi connectivity index (χ0) is 21.5. The summed E-state index contributed by atoms with van der Waals surface area (Å²) < 4.78 is 4.68. The number of carboxylic acid groups (broad SMARTS) is 1. The van der Waals surface area contributed by atoms with Crippen LogP contribution >= 0.6 is 0 Å². The van der Waals surface area contributed by atoms with Gasteiger partial charge in [0.05, 0.1) is 0 Å². The molecular formula is C25H32N2O2. The van der Waals surface area contributed by atoms with Crippen molar-refractivity contribution in [2.45, 2.75) is 58.5 Å². The van der Waals surface area contributed by atoms with Crippen molar-refractivity contribution in [1.29, 1.82) is 0 Å². The van der Waals surface area contributed by atoms with Crippen LogP contribution in [0.1, 0.15) is 45.7 Å². The molecule has 0 aliphatic heterocycles. The van der Waals surface area contributed by atoms with E-state index in [-0.39, 0.29) is 11.1 Å². The molecule has 0 bridgehead atoms. The Bertz CT molecular complexity index is 825. The largest absolute Gasteiger partial charge is 0.550 e. The van der Waals surface area contributed by atoms with Gasteiger partial charge in [0.2, 0.25) is 6.33 Å². The molecular weight excluding hydrogens is 360 g/mol. The number of imidazole rings is 1. The number of hydrogen-bond donors (Lipinski definition) is 0. The second kappa shape index (κ2) is 9.55. The Labute approximate surface area is 174 Å². The first-order chi connectivity index (χ1) is 13.6. The van der Waals surface area contributed by atoms with Crippen LogP contribution in [0.5, 0.6) is 0 Å². The van der Waals surface area contributed by atoms with Gasteiger partial charge in [-0.15, -0.1) is 0 Å². The van der Waals surface area contributed by atoms with Gasteiger partial charge in [-0.2, -0.15) is 0 Å². The Hall–Kier alpha value is -2.88. The standard InChI is InChI=1S/C23H29N2.C2H4O2/c1-22(2,17-20-11-7-5-8-12-20)24-15-16-25(19-24)23(3,4)18-21-13-9-6-10-14-21;1-2(3)4/h5-16,19H,17-18H2,1-4H3;1H3,(H,3,4)/q+1;/p-1. The Morgan fingerprint density at radius 3 is 1.83 bits per heavy atom. The van der Waals surface area contributed by atoms with Crippen molar-refractivity contribution in [3.63, 3.8) is 0 Å². The lowest BCUT2D eigenvalue weighted by atomic mass is 9.94. The highest BCUT2D eigenvalue weighted by molar-refractivity contribution is 5.60. The summed E-state index contributed by atoms with van der Waals surface area (Å²) in [5.41, 5.74) is 2.82. The smallest absolute Gasteiger partial charge is 0.244 e. The average Bonchev–Trinajstić information content (AvgIpc) is 3.14. The molecule has 0 saturated heterocycles. The Morgan fingerprint density at radius 1 is 0.897 bits per heavy atom. The van der Waals surface area contributed by atoms with Gasteiger partial charge in [0, 0.05) is 18.8 Å². The number of hydrogen-bond acceptors (Lipinski definition) is 2. The predicted molar refractivity (Wildman–Crippen MR) is 114 cm³/mol. The molecule has 2 aromatic carbocycles. The molecule has 154 valence electrons. The average molecular weight is 393 g/mol. The van der Waals surface area contributed by atoms with Gasteiger partial charge in [-0.05, 0) is 45.7 Å². The monoisotopic (exact) mass is 392 g/mol. The highest BCUT2D eigenvalue weighted by atomic mass is 16.4. The molecule has 3 rings (SSSR count). The fourth-order valence-corrected chi connectivity index (χ4v) is 3.44. The van der Waals surface area contributed by atoms with Crippen LogP contribution in [0.3, 0.4) is 0 Å². The number of aromatic nitrogens is 2. The summed E-state index contributed by atoms with van der Waals surface area (Å²) in [5.74, 6) is -1.08. The van der Waals surface area contributed by atoms with Gasteiger partial charge < -0.3 is 9.90 Å². The summed E-state index contributed by atoms with van der Waals surface area (Å²) >= 11 is 0. The van der Waals surface area contributed by atoms with E-state index in [9.17, 15) is 0 Å². The van der Waals surface area contributed by atoms with E-state index in [0.717, 1.165) is 19.8 Å². The third-order valence-electron chi connectivity index (χ3n) is 4.99. The number of carbonyl (C=O) groups is 1. The molecule has 0 aliphatic carbocycles. The van der Waals surface area contributed by atoms with E-state index in [1.807, 2.05) is 0 Å². The number of carboxylic acids is 1. The number of carbonyl (C=O) groups excluding carboxylic acids is 1. The van der Waals surface area contributed by atoms with Crippen molar-refractivity contribution in [3.8, 4) is 0 Å². The lowest BCUT2D eigenvalue weighted by Gasteiger charge is -2.23. The van der Waals surface area contributed by atoms with Crippen LogP contribution in [0, 0.1) is 0 Å². The van der Waals surface area contributed by atoms with Crippen molar-refractivity contribution in [2.75, 3.05) is 0 Å². The molecule has 0 fully saturated rings. The zero-order valence-electron chi connectivity index (χ0n) is 18.1. The maximum Gasteiger partial charge on any atom is 0.244 e. The molecule has 0 spiro atoms. The second-order valence-electron chi connectivity index (χ2n) is 8.67. The Balaban J connectivity index is 0.000000687. The number of rotatable bonds is 6. The van der Waals surface area contributed by atoms with Gasteiger partial charge in [-0.1, -0.05) is 60.7 Å². The molecule has 0 radical (unpaired) electrons. The van der Waals surface area contributed by atoms with E-state index in [1.165, 1.54) is 11.1 Å². The minimum absolute atomic E-state index is 0.0371. The predicted octanol–water partition coefficient (Wildman–Crippen LogP) is 3.49. The first-order valence-electron chi connectivity index (χ1n) is 9.96. The van der Waals surface area contributed by atoms with Gasteiger partial charge in [-0.25, -0.2) is 9.13 Å². The summed E-state index contributed by atoms with van der Waals surface area (Å²) in [7, 11) is 0. The fraction of sp³-hybridized carbons (Fsp3) is 0.360. The summed E-state index contributed by atoms with van der Waals surface area (Å²) in [6, 6.07) is 21.4. The van der Waals surface area contributed by atoms with Gasteiger partial charge in [0.15, 0.2) is 0 Å². The van der Waals surface area contributed by atoms with E-state index in [1.54, 1.807) is 0 Å². The molecule has 29 heavy (non-hydrogen) atoms. The lowest BCUT2D eigenvalue weighted by Crippen LogP contribution is -2.52. The summed E-state index contributed by atoms with van der Waals surface area (Å²) in [6.45, 7) is 10.2. The van der Waals surface area contributed by atoms with Crippen molar-refractivity contribution in [1.82, 2.24) is 4.57 Å². The first kappa shape index (κ1) is 22.4. The maximum atomic E-state index is 8.89. The van der Waals surface area contributed by atoms with Gasteiger partial charge >= 0.3 is 0 Å². The van der Waals surface area contributed by atoms with Crippen molar-refractivity contribution in [2.24, 2.45) is 0 Å². The molecule has 4 nitrogen and oxygen atoms in total. The Kier molecular flexibility index (Phi) is 7.38. The third-order valence-corrected chi connectivity index (χ3v) is 4.99. The van der Waals surface area contributed by atoms with Crippen LogP contribution in [0.15, 0.2) is 79.4 Å². The zero-order valence-corrected chi connectivity index (χ0v) is 18.1. The number of aliphatic carboxylic acids is 1. The van der Waals surface area contributed by atoms with Crippen LogP contribution in [-0.4, -0.2) is 10.5 Å². The molecule has 1 aromatic heterocycles. The molecule has 0 unspecified atom stereocenters. The number of nitrogens with zero attached hydrogens (tertiary/aromatic N) is 2. The molecule has 0 N–H and O–H groups in total. The van der Waals surface area contributed by atoms with E-state index >= 15 is 0 Å². The lowest BCUT2D eigenvalue weighted by molar-refractivity contribution is -0.757. The van der Waals surface area contributed by atoms with Crippen molar-refractivity contribution in [3.05, 3.63) is 90.5 Å². The molecule has 0 saturated carbocycles. The van der Waals surface area contributed by atoms with Crippen LogP contribution in [0.2, 0.25) is 0 Å². The first-order valence-corrected chi connectivity index (χ1v) is 9.96. The maximum absolute atomic E-state index is 8.89. The van der Waals surface area contributed by atoms with Crippen LogP contribution in [-0.2, 0) is 28.7 Å². The third kappa shape index (κ3) is 6.90. The minimum atomic E-state index is -1.08. The van der Waals surface area contributed by atoms with E-state index in [0.29, 0.717) is 0 Å². The molecule has 0 atom stereocenters. The van der Waals surface area contributed by atoms with E-state index < -0.39 is 5.97 Å². The topological polar surface area (TPSA) is 48.9 Å². The molecule has 3 aromatic rings. The number of benzene rings is 2.